The number of allylic oxidation sites excluding steroid dienone is 2. The molecule has 34 heavy (non-hydrogen) atoms. The number of ether oxygens (including phenoxy) is 1. The number of amides is 1. The van der Waals surface area contributed by atoms with Crippen molar-refractivity contribution in [3.63, 3.8) is 0 Å². The molecule has 2 atom stereocenters. The number of halogens is 1. The average molecular weight is 470 g/mol. The lowest BCUT2D eigenvalue weighted by atomic mass is 9.58. The van der Waals surface area contributed by atoms with Gasteiger partial charge in [0.1, 0.15) is 12.7 Å². The van der Waals surface area contributed by atoms with Crippen LogP contribution in [0.3, 0.4) is 0 Å². The predicted molar refractivity (Wildman–Crippen MR) is 124 cm³/mol. The lowest BCUT2D eigenvalue weighted by Crippen LogP contribution is -2.49. The molecule has 0 radical (unpaired) electrons. The minimum atomic E-state index is -1.80. The molecule has 1 aliphatic heterocycles. The van der Waals surface area contributed by atoms with Gasteiger partial charge in [-0.25, -0.2) is 4.79 Å². The van der Waals surface area contributed by atoms with Crippen molar-refractivity contribution in [3.05, 3.63) is 93.7 Å². The summed E-state index contributed by atoms with van der Waals surface area (Å²) in [7, 11) is 0. The van der Waals surface area contributed by atoms with Crippen LogP contribution >= 0.6 is 11.6 Å². The fourth-order valence-electron chi connectivity index (χ4n) is 4.72. The maximum absolute atomic E-state index is 12.9. The van der Waals surface area contributed by atoms with E-state index in [2.05, 4.69) is 18.2 Å². The molecule has 4 rings (SSSR count). The van der Waals surface area contributed by atoms with Gasteiger partial charge in [0.05, 0.1) is 23.4 Å². The van der Waals surface area contributed by atoms with Gasteiger partial charge in [0.2, 0.25) is 0 Å². The van der Waals surface area contributed by atoms with E-state index >= 15 is 0 Å². The SMILES string of the molecule is N#CC1=C(N)C(C#N)(C#N)[C@@H](c2cccc(Cl)c2)[C@H]2CN(C(=O)OCc3ccccc3)CC=C12. The lowest BCUT2D eigenvalue weighted by Gasteiger charge is -2.45. The Morgan fingerprint density at radius 3 is 2.53 bits per heavy atom. The van der Waals surface area contributed by atoms with Gasteiger partial charge >= 0.3 is 6.09 Å². The van der Waals surface area contributed by atoms with Crippen LogP contribution in [0.25, 0.3) is 0 Å². The number of nitriles is 3. The van der Waals surface area contributed by atoms with Crippen LogP contribution in [0.2, 0.25) is 5.02 Å². The second-order valence-corrected chi connectivity index (χ2v) is 8.61. The summed E-state index contributed by atoms with van der Waals surface area (Å²) in [5.74, 6) is -1.27. The van der Waals surface area contributed by atoms with Gasteiger partial charge in [0, 0.05) is 29.9 Å². The number of nitrogens with two attached hydrogens (primary N) is 1. The van der Waals surface area contributed by atoms with Crippen LogP contribution in [0.1, 0.15) is 17.0 Å². The van der Waals surface area contributed by atoms with Crippen molar-refractivity contribution in [2.45, 2.75) is 12.5 Å². The maximum atomic E-state index is 12.9. The van der Waals surface area contributed by atoms with Crippen molar-refractivity contribution < 1.29 is 9.53 Å². The van der Waals surface area contributed by atoms with Gasteiger partial charge in [0.15, 0.2) is 5.41 Å². The van der Waals surface area contributed by atoms with E-state index in [4.69, 9.17) is 22.1 Å². The van der Waals surface area contributed by atoms with E-state index in [1.165, 1.54) is 4.90 Å². The molecule has 0 aromatic heterocycles. The highest BCUT2D eigenvalue weighted by atomic mass is 35.5. The first-order valence-electron chi connectivity index (χ1n) is 10.6. The standard InChI is InChI=1S/C26H20ClN5O2/c27-19-8-4-7-18(11-19)23-22-13-32(25(33)34-14-17-5-2-1-3-6-17)10-9-20(22)21(12-28)24(31)26(23,15-29)16-30/h1-9,11,22-23H,10,13-14,31H2/t22-,23-/m0/s1. The zero-order chi connectivity index (χ0) is 24.3. The normalized spacial score (nSPS) is 20.8. The quantitative estimate of drug-likeness (QED) is 0.709. The van der Waals surface area contributed by atoms with Gasteiger partial charge in [-0.3, -0.25) is 0 Å². The number of rotatable bonds is 3. The molecule has 2 N–H and O–H groups in total. The topological polar surface area (TPSA) is 127 Å². The van der Waals surface area contributed by atoms with E-state index in [9.17, 15) is 20.6 Å². The van der Waals surface area contributed by atoms with Crippen LogP contribution in [0.15, 0.2) is 77.5 Å². The fourth-order valence-corrected chi connectivity index (χ4v) is 4.91. The summed E-state index contributed by atoms with van der Waals surface area (Å²) in [6.07, 6.45) is 1.23. The third-order valence-electron chi connectivity index (χ3n) is 6.34. The van der Waals surface area contributed by atoms with Crippen LogP contribution in [0.5, 0.6) is 0 Å². The number of hydrogen-bond donors (Lipinski definition) is 1. The number of carbonyl (C=O) groups excluding carboxylic acids is 1. The van der Waals surface area contributed by atoms with Gasteiger partial charge in [0.25, 0.3) is 0 Å². The monoisotopic (exact) mass is 469 g/mol. The van der Waals surface area contributed by atoms with Crippen LogP contribution in [-0.2, 0) is 11.3 Å². The zero-order valence-electron chi connectivity index (χ0n) is 18.1. The molecule has 2 aromatic carbocycles. The molecule has 0 unspecified atom stereocenters. The molecular weight excluding hydrogens is 450 g/mol. The molecule has 0 saturated carbocycles. The highest BCUT2D eigenvalue weighted by Crippen LogP contribution is 2.54. The second kappa shape index (κ2) is 9.32. The van der Waals surface area contributed by atoms with E-state index in [1.807, 2.05) is 30.3 Å². The Morgan fingerprint density at radius 2 is 1.88 bits per heavy atom. The number of fused-ring (bicyclic) bond motifs is 1. The molecular formula is C26H20ClN5O2. The van der Waals surface area contributed by atoms with Crippen molar-refractivity contribution in [2.75, 3.05) is 13.1 Å². The van der Waals surface area contributed by atoms with Crippen LogP contribution in [0.4, 0.5) is 4.79 Å². The molecule has 1 amide bonds. The van der Waals surface area contributed by atoms with Crippen molar-refractivity contribution in [1.82, 2.24) is 4.90 Å². The number of nitrogens with zero attached hydrogens (tertiary/aromatic N) is 4. The summed E-state index contributed by atoms with van der Waals surface area (Å²) >= 11 is 6.23. The van der Waals surface area contributed by atoms with Crippen LogP contribution < -0.4 is 5.73 Å². The largest absolute Gasteiger partial charge is 0.445 e. The van der Waals surface area contributed by atoms with E-state index in [-0.39, 0.29) is 31.0 Å². The Morgan fingerprint density at radius 1 is 1.15 bits per heavy atom. The fraction of sp³-hybridized carbons (Fsp3) is 0.231. The van der Waals surface area contributed by atoms with Gasteiger partial charge in [-0.05, 0) is 28.8 Å². The summed E-state index contributed by atoms with van der Waals surface area (Å²) in [6, 6.07) is 22.4. The second-order valence-electron chi connectivity index (χ2n) is 8.18. The molecule has 0 saturated heterocycles. The smallest absolute Gasteiger partial charge is 0.410 e. The Kier molecular flexibility index (Phi) is 6.28. The Hall–Kier alpha value is -4.25. The van der Waals surface area contributed by atoms with Crippen molar-refractivity contribution in [1.29, 1.82) is 15.8 Å². The molecule has 1 aliphatic carbocycles. The highest BCUT2D eigenvalue weighted by molar-refractivity contribution is 6.30. The number of benzene rings is 2. The lowest BCUT2D eigenvalue weighted by molar-refractivity contribution is 0.0898. The molecule has 2 aromatic rings. The Labute approximate surface area is 202 Å². The first kappa shape index (κ1) is 22.9. The van der Waals surface area contributed by atoms with E-state index in [0.29, 0.717) is 16.2 Å². The molecule has 0 fully saturated rings. The highest BCUT2D eigenvalue weighted by Gasteiger charge is 2.54. The maximum Gasteiger partial charge on any atom is 0.410 e. The molecule has 0 spiro atoms. The summed E-state index contributed by atoms with van der Waals surface area (Å²) in [4.78, 5) is 14.4. The van der Waals surface area contributed by atoms with Crippen molar-refractivity contribution >= 4 is 17.7 Å². The van der Waals surface area contributed by atoms with Gasteiger partial charge in [-0.15, -0.1) is 0 Å². The minimum Gasteiger partial charge on any atom is -0.445 e. The molecule has 7 nitrogen and oxygen atoms in total. The number of hydrogen-bond acceptors (Lipinski definition) is 6. The van der Waals surface area contributed by atoms with E-state index < -0.39 is 23.3 Å². The van der Waals surface area contributed by atoms with Crippen molar-refractivity contribution in [2.24, 2.45) is 17.1 Å². The number of carbonyl (C=O) groups is 1. The Bertz CT molecular complexity index is 1300. The van der Waals surface area contributed by atoms with Crippen LogP contribution in [-0.4, -0.2) is 24.1 Å². The third kappa shape index (κ3) is 3.86. The van der Waals surface area contributed by atoms with Crippen molar-refractivity contribution in [3.8, 4) is 18.2 Å². The minimum absolute atomic E-state index is 0.0763. The molecule has 1 heterocycles. The van der Waals surface area contributed by atoms with Gasteiger partial charge in [-0.2, -0.15) is 15.8 Å². The van der Waals surface area contributed by atoms with Gasteiger partial charge < -0.3 is 15.4 Å². The molecule has 2 aliphatic rings. The first-order valence-corrected chi connectivity index (χ1v) is 11.0. The molecule has 8 heteroatoms. The molecule has 0 bridgehead atoms. The Balaban J connectivity index is 1.74. The zero-order valence-corrected chi connectivity index (χ0v) is 18.9. The summed E-state index contributed by atoms with van der Waals surface area (Å²) < 4.78 is 5.49. The van der Waals surface area contributed by atoms with E-state index in [0.717, 1.165) is 5.56 Å². The predicted octanol–water partition coefficient (Wildman–Crippen LogP) is 4.40. The third-order valence-corrected chi connectivity index (χ3v) is 6.57. The van der Waals surface area contributed by atoms with Gasteiger partial charge in [-0.1, -0.05) is 60.1 Å². The van der Waals surface area contributed by atoms with E-state index in [1.54, 1.807) is 30.3 Å². The van der Waals surface area contributed by atoms with Crippen LogP contribution in [0, 0.1) is 45.3 Å². The average Bonchev–Trinajstić information content (AvgIpc) is 2.87. The first-order chi connectivity index (χ1) is 16.4. The summed E-state index contributed by atoms with van der Waals surface area (Å²) in [5.41, 5.74) is 6.65. The molecule has 168 valence electrons. The summed E-state index contributed by atoms with van der Waals surface area (Å²) in [6.45, 7) is 0.484. The summed E-state index contributed by atoms with van der Waals surface area (Å²) in [5, 5.41) is 30.6.